The van der Waals surface area contributed by atoms with Gasteiger partial charge in [-0.25, -0.2) is 0 Å². The topological polar surface area (TPSA) is 95.5 Å². The van der Waals surface area contributed by atoms with Crippen LogP contribution < -0.4 is 10.6 Å². The molecule has 0 aliphatic heterocycles. The zero-order chi connectivity index (χ0) is 14.7. The molecule has 0 spiro atoms. The number of rotatable bonds is 10. The van der Waals surface area contributed by atoms with Gasteiger partial charge in [0.05, 0.1) is 0 Å². The van der Waals surface area contributed by atoms with Crippen molar-refractivity contribution in [3.05, 3.63) is 0 Å². The average molecular weight is 272 g/mol. The molecule has 0 heterocycles. The van der Waals surface area contributed by atoms with Gasteiger partial charge in [-0.3, -0.25) is 14.4 Å². The van der Waals surface area contributed by atoms with E-state index in [0.717, 1.165) is 6.42 Å². The van der Waals surface area contributed by atoms with Gasteiger partial charge in [0.15, 0.2) is 0 Å². The summed E-state index contributed by atoms with van der Waals surface area (Å²) in [6.45, 7) is 4.77. The maximum absolute atomic E-state index is 11.4. The van der Waals surface area contributed by atoms with Crippen molar-refractivity contribution in [1.82, 2.24) is 10.6 Å². The van der Waals surface area contributed by atoms with Gasteiger partial charge in [0.1, 0.15) is 0 Å². The van der Waals surface area contributed by atoms with Crippen molar-refractivity contribution >= 4 is 17.8 Å². The molecule has 0 radical (unpaired) electrons. The molecule has 0 saturated heterocycles. The SMILES string of the molecule is CCCNC(=O)CCCC(=O)NCC(C)CC(=O)O. The van der Waals surface area contributed by atoms with E-state index in [-0.39, 0.29) is 24.2 Å². The summed E-state index contributed by atoms with van der Waals surface area (Å²) in [6.07, 6.45) is 2.08. The van der Waals surface area contributed by atoms with Crippen molar-refractivity contribution in [2.24, 2.45) is 5.92 Å². The maximum atomic E-state index is 11.4. The smallest absolute Gasteiger partial charge is 0.303 e. The summed E-state index contributed by atoms with van der Waals surface area (Å²) in [5.74, 6) is -1.13. The molecule has 2 amide bonds. The first-order chi connectivity index (χ1) is 8.95. The highest BCUT2D eigenvalue weighted by Crippen LogP contribution is 2.00. The maximum Gasteiger partial charge on any atom is 0.303 e. The molecule has 0 aromatic rings. The fourth-order valence-corrected chi connectivity index (χ4v) is 1.51. The molecule has 0 aliphatic carbocycles. The number of aliphatic carboxylic acids is 1. The zero-order valence-electron chi connectivity index (χ0n) is 11.7. The van der Waals surface area contributed by atoms with Crippen molar-refractivity contribution in [1.29, 1.82) is 0 Å². The zero-order valence-corrected chi connectivity index (χ0v) is 11.7. The quantitative estimate of drug-likeness (QED) is 0.551. The molecular weight excluding hydrogens is 248 g/mol. The lowest BCUT2D eigenvalue weighted by molar-refractivity contribution is -0.138. The first-order valence-corrected chi connectivity index (χ1v) is 6.70. The molecule has 0 rings (SSSR count). The van der Waals surface area contributed by atoms with E-state index >= 15 is 0 Å². The second-order valence-electron chi connectivity index (χ2n) is 4.71. The molecule has 0 fully saturated rings. The van der Waals surface area contributed by atoms with Gasteiger partial charge in [-0.1, -0.05) is 13.8 Å². The number of carboxylic acid groups (broad SMARTS) is 1. The Morgan fingerprint density at radius 2 is 1.68 bits per heavy atom. The van der Waals surface area contributed by atoms with Crippen LogP contribution in [0.15, 0.2) is 0 Å². The third kappa shape index (κ3) is 11.2. The van der Waals surface area contributed by atoms with E-state index in [1.165, 1.54) is 0 Å². The van der Waals surface area contributed by atoms with E-state index in [4.69, 9.17) is 5.11 Å². The summed E-state index contributed by atoms with van der Waals surface area (Å²) < 4.78 is 0. The molecular formula is C13H24N2O4. The van der Waals surface area contributed by atoms with Gasteiger partial charge in [0.25, 0.3) is 0 Å². The van der Waals surface area contributed by atoms with Crippen LogP contribution in [0.4, 0.5) is 0 Å². The third-order valence-electron chi connectivity index (χ3n) is 2.55. The Bertz CT molecular complexity index is 305. The van der Waals surface area contributed by atoms with Crippen LogP contribution in [0, 0.1) is 5.92 Å². The number of amides is 2. The Morgan fingerprint density at radius 3 is 2.21 bits per heavy atom. The monoisotopic (exact) mass is 272 g/mol. The minimum absolute atomic E-state index is 0.0334. The Labute approximate surface area is 113 Å². The van der Waals surface area contributed by atoms with Gasteiger partial charge in [-0.2, -0.15) is 0 Å². The highest BCUT2D eigenvalue weighted by molar-refractivity contribution is 5.78. The summed E-state index contributed by atoms with van der Waals surface area (Å²) >= 11 is 0. The summed E-state index contributed by atoms with van der Waals surface area (Å²) in [4.78, 5) is 33.1. The molecule has 19 heavy (non-hydrogen) atoms. The standard InChI is InChI=1S/C13H24N2O4/c1-3-7-14-11(16)5-4-6-12(17)15-9-10(2)8-13(18)19/h10H,3-9H2,1-2H3,(H,14,16)(H,15,17)(H,18,19). The lowest BCUT2D eigenvalue weighted by Gasteiger charge is -2.10. The highest BCUT2D eigenvalue weighted by Gasteiger charge is 2.09. The molecule has 0 aliphatic rings. The fourth-order valence-electron chi connectivity index (χ4n) is 1.51. The molecule has 0 saturated carbocycles. The van der Waals surface area contributed by atoms with Gasteiger partial charge >= 0.3 is 5.97 Å². The van der Waals surface area contributed by atoms with Gasteiger partial charge in [0, 0.05) is 32.4 Å². The summed E-state index contributed by atoms with van der Waals surface area (Å²) in [6, 6.07) is 0. The Balaban J connectivity index is 3.59. The van der Waals surface area contributed by atoms with Crippen LogP contribution in [-0.2, 0) is 14.4 Å². The first kappa shape index (κ1) is 17.4. The van der Waals surface area contributed by atoms with E-state index in [9.17, 15) is 14.4 Å². The lowest BCUT2D eigenvalue weighted by atomic mass is 10.1. The first-order valence-electron chi connectivity index (χ1n) is 6.70. The molecule has 110 valence electrons. The third-order valence-corrected chi connectivity index (χ3v) is 2.55. The van der Waals surface area contributed by atoms with E-state index in [1.54, 1.807) is 6.92 Å². The van der Waals surface area contributed by atoms with Crippen LogP contribution >= 0.6 is 0 Å². The fraction of sp³-hybridized carbons (Fsp3) is 0.769. The molecule has 0 aromatic heterocycles. The van der Waals surface area contributed by atoms with Gasteiger partial charge in [-0.05, 0) is 18.8 Å². The van der Waals surface area contributed by atoms with E-state index in [0.29, 0.717) is 32.4 Å². The second kappa shape index (κ2) is 10.3. The average Bonchev–Trinajstić information content (AvgIpc) is 2.33. The van der Waals surface area contributed by atoms with E-state index in [1.807, 2.05) is 6.92 Å². The van der Waals surface area contributed by atoms with Gasteiger partial charge < -0.3 is 15.7 Å². The summed E-state index contributed by atoms with van der Waals surface area (Å²) in [5, 5.41) is 14.0. The number of carbonyl (C=O) groups is 3. The number of hydrogen-bond donors (Lipinski definition) is 3. The number of nitrogens with one attached hydrogen (secondary N) is 2. The summed E-state index contributed by atoms with van der Waals surface area (Å²) in [7, 11) is 0. The molecule has 0 bridgehead atoms. The number of hydrogen-bond acceptors (Lipinski definition) is 3. The Kier molecular flexibility index (Phi) is 9.48. The van der Waals surface area contributed by atoms with Crippen LogP contribution in [0.3, 0.4) is 0 Å². The molecule has 0 aromatic carbocycles. The lowest BCUT2D eigenvalue weighted by Crippen LogP contribution is -2.29. The van der Waals surface area contributed by atoms with E-state index in [2.05, 4.69) is 10.6 Å². The molecule has 1 unspecified atom stereocenters. The molecule has 6 nitrogen and oxygen atoms in total. The minimum Gasteiger partial charge on any atom is -0.481 e. The van der Waals surface area contributed by atoms with Crippen molar-refractivity contribution in [3.8, 4) is 0 Å². The van der Waals surface area contributed by atoms with Crippen LogP contribution in [0.25, 0.3) is 0 Å². The Morgan fingerprint density at radius 1 is 1.11 bits per heavy atom. The largest absolute Gasteiger partial charge is 0.481 e. The molecule has 1 atom stereocenters. The van der Waals surface area contributed by atoms with Crippen molar-refractivity contribution in [2.75, 3.05) is 13.1 Å². The predicted molar refractivity (Wildman–Crippen MR) is 71.6 cm³/mol. The highest BCUT2D eigenvalue weighted by atomic mass is 16.4. The molecule has 3 N–H and O–H groups in total. The van der Waals surface area contributed by atoms with Crippen LogP contribution in [0.5, 0.6) is 0 Å². The molecule has 6 heteroatoms. The number of carbonyl (C=O) groups excluding carboxylic acids is 2. The van der Waals surface area contributed by atoms with Crippen molar-refractivity contribution in [2.45, 2.75) is 46.0 Å². The van der Waals surface area contributed by atoms with Crippen molar-refractivity contribution in [3.63, 3.8) is 0 Å². The van der Waals surface area contributed by atoms with Crippen LogP contribution in [0.2, 0.25) is 0 Å². The number of carboxylic acids is 1. The van der Waals surface area contributed by atoms with Gasteiger partial charge in [-0.15, -0.1) is 0 Å². The van der Waals surface area contributed by atoms with Crippen molar-refractivity contribution < 1.29 is 19.5 Å². The van der Waals surface area contributed by atoms with Gasteiger partial charge in [0.2, 0.25) is 11.8 Å². The predicted octanol–water partition coefficient (Wildman–Crippen LogP) is 0.910. The normalized spacial score (nSPS) is 11.7. The second-order valence-corrected chi connectivity index (χ2v) is 4.71. The van der Waals surface area contributed by atoms with Crippen LogP contribution in [-0.4, -0.2) is 36.0 Å². The van der Waals surface area contributed by atoms with E-state index < -0.39 is 5.97 Å². The Hall–Kier alpha value is -1.59. The summed E-state index contributed by atoms with van der Waals surface area (Å²) in [5.41, 5.74) is 0. The minimum atomic E-state index is -0.866. The van der Waals surface area contributed by atoms with Crippen LogP contribution in [0.1, 0.15) is 46.0 Å².